The molecule has 1 aromatic heterocycles. The molecule has 0 bridgehead atoms. The monoisotopic (exact) mass is 344 g/mol. The molecule has 126 valence electrons. The minimum atomic E-state index is -0.490. The highest BCUT2D eigenvalue weighted by Gasteiger charge is 2.16. The molecule has 5 nitrogen and oxygen atoms in total. The zero-order chi connectivity index (χ0) is 16.9. The molecule has 2 heterocycles. The van der Waals surface area contributed by atoms with Crippen LogP contribution in [0.2, 0.25) is 5.02 Å². The molecule has 1 saturated heterocycles. The SMILES string of the molecule is NC(=O)c1cc(N2CCCN(Cc3ccc(Cl)cc3)CC2)ccn1. The first-order valence-electron chi connectivity index (χ1n) is 8.09. The number of benzene rings is 1. The largest absolute Gasteiger partial charge is 0.370 e. The molecule has 0 unspecified atom stereocenters. The lowest BCUT2D eigenvalue weighted by Gasteiger charge is -2.24. The van der Waals surface area contributed by atoms with E-state index in [0.29, 0.717) is 5.69 Å². The molecule has 6 heteroatoms. The first kappa shape index (κ1) is 16.7. The summed E-state index contributed by atoms with van der Waals surface area (Å²) < 4.78 is 0. The lowest BCUT2D eigenvalue weighted by atomic mass is 10.2. The zero-order valence-electron chi connectivity index (χ0n) is 13.5. The minimum absolute atomic E-state index is 0.315. The van der Waals surface area contributed by atoms with E-state index in [-0.39, 0.29) is 0 Å². The Hall–Kier alpha value is -2.11. The second kappa shape index (κ2) is 7.64. The maximum atomic E-state index is 11.3. The average molecular weight is 345 g/mol. The highest BCUT2D eigenvalue weighted by molar-refractivity contribution is 6.30. The van der Waals surface area contributed by atoms with E-state index in [1.54, 1.807) is 12.3 Å². The zero-order valence-corrected chi connectivity index (χ0v) is 14.2. The number of hydrogen-bond donors (Lipinski definition) is 1. The van der Waals surface area contributed by atoms with Crippen LogP contribution < -0.4 is 10.6 Å². The van der Waals surface area contributed by atoms with Crippen LogP contribution in [-0.4, -0.2) is 42.0 Å². The number of anilines is 1. The van der Waals surface area contributed by atoms with Crippen LogP contribution in [0.3, 0.4) is 0 Å². The third kappa shape index (κ3) is 4.24. The van der Waals surface area contributed by atoms with Crippen molar-refractivity contribution >= 4 is 23.2 Å². The molecule has 2 aromatic rings. The van der Waals surface area contributed by atoms with Crippen molar-refractivity contribution in [1.82, 2.24) is 9.88 Å². The van der Waals surface area contributed by atoms with Gasteiger partial charge in [-0.2, -0.15) is 0 Å². The minimum Gasteiger partial charge on any atom is -0.370 e. The molecule has 1 aromatic carbocycles. The number of amides is 1. The van der Waals surface area contributed by atoms with Gasteiger partial charge in [0.25, 0.3) is 5.91 Å². The van der Waals surface area contributed by atoms with E-state index < -0.39 is 5.91 Å². The number of nitrogens with zero attached hydrogens (tertiary/aromatic N) is 3. The number of primary amides is 1. The average Bonchev–Trinajstić information content (AvgIpc) is 2.83. The van der Waals surface area contributed by atoms with E-state index in [4.69, 9.17) is 17.3 Å². The van der Waals surface area contributed by atoms with Crippen molar-refractivity contribution in [3.63, 3.8) is 0 Å². The molecule has 1 fully saturated rings. The topological polar surface area (TPSA) is 62.5 Å². The summed E-state index contributed by atoms with van der Waals surface area (Å²) in [4.78, 5) is 20.1. The predicted octanol–water partition coefficient (Wildman–Crippen LogP) is 2.55. The standard InChI is InChI=1S/C18H21ClN4O/c19-15-4-2-14(3-5-15)13-22-8-1-9-23(11-10-22)16-6-7-21-17(12-16)18(20)24/h2-7,12H,1,8-11,13H2,(H2,20,24). The second-order valence-corrected chi connectivity index (χ2v) is 6.44. The van der Waals surface area contributed by atoms with Crippen LogP contribution in [0.1, 0.15) is 22.5 Å². The quantitative estimate of drug-likeness (QED) is 0.925. The van der Waals surface area contributed by atoms with Crippen LogP contribution in [0.25, 0.3) is 0 Å². The van der Waals surface area contributed by atoms with Gasteiger partial charge in [-0.25, -0.2) is 0 Å². The van der Waals surface area contributed by atoms with Gasteiger partial charge in [-0.3, -0.25) is 14.7 Å². The van der Waals surface area contributed by atoms with Crippen molar-refractivity contribution in [2.45, 2.75) is 13.0 Å². The van der Waals surface area contributed by atoms with E-state index in [1.807, 2.05) is 18.2 Å². The normalized spacial score (nSPS) is 16.0. The molecule has 24 heavy (non-hydrogen) atoms. The van der Waals surface area contributed by atoms with Gasteiger partial charge in [-0.05, 0) is 36.2 Å². The summed E-state index contributed by atoms with van der Waals surface area (Å²) in [5.41, 5.74) is 7.92. The van der Waals surface area contributed by atoms with Crippen molar-refractivity contribution in [2.75, 3.05) is 31.1 Å². The van der Waals surface area contributed by atoms with Crippen LogP contribution in [0.4, 0.5) is 5.69 Å². The fourth-order valence-electron chi connectivity index (χ4n) is 2.99. The Balaban J connectivity index is 1.63. The predicted molar refractivity (Wildman–Crippen MR) is 96.3 cm³/mol. The van der Waals surface area contributed by atoms with Crippen LogP contribution in [-0.2, 0) is 6.54 Å². The van der Waals surface area contributed by atoms with E-state index in [9.17, 15) is 4.79 Å². The molecule has 2 N–H and O–H groups in total. The van der Waals surface area contributed by atoms with Gasteiger partial charge in [0, 0.05) is 49.6 Å². The molecule has 0 aliphatic carbocycles. The van der Waals surface area contributed by atoms with E-state index >= 15 is 0 Å². The van der Waals surface area contributed by atoms with Gasteiger partial charge in [0.1, 0.15) is 5.69 Å². The Bertz CT molecular complexity index is 704. The summed E-state index contributed by atoms with van der Waals surface area (Å²) >= 11 is 5.94. The fraction of sp³-hybridized carbons (Fsp3) is 0.333. The van der Waals surface area contributed by atoms with Gasteiger partial charge >= 0.3 is 0 Å². The van der Waals surface area contributed by atoms with Gasteiger partial charge in [0.15, 0.2) is 0 Å². The summed E-state index contributed by atoms with van der Waals surface area (Å²) in [6, 6.07) is 11.7. The first-order chi connectivity index (χ1) is 11.6. The van der Waals surface area contributed by atoms with Crippen LogP contribution >= 0.6 is 11.6 Å². The van der Waals surface area contributed by atoms with Crippen LogP contribution in [0, 0.1) is 0 Å². The molecule has 1 aliphatic heterocycles. The smallest absolute Gasteiger partial charge is 0.267 e. The Morgan fingerprint density at radius 3 is 2.67 bits per heavy atom. The first-order valence-corrected chi connectivity index (χ1v) is 8.47. The Morgan fingerprint density at radius 1 is 1.12 bits per heavy atom. The highest BCUT2D eigenvalue weighted by Crippen LogP contribution is 2.18. The van der Waals surface area contributed by atoms with Crippen molar-refractivity contribution in [3.8, 4) is 0 Å². The number of carbonyl (C=O) groups excluding carboxylic acids is 1. The molecule has 3 rings (SSSR count). The maximum absolute atomic E-state index is 11.3. The molecular formula is C18H21ClN4O. The van der Waals surface area contributed by atoms with E-state index in [2.05, 4.69) is 26.9 Å². The van der Waals surface area contributed by atoms with E-state index in [1.165, 1.54) is 5.56 Å². The molecule has 0 atom stereocenters. The third-order valence-corrected chi connectivity index (χ3v) is 4.52. The molecular weight excluding hydrogens is 324 g/mol. The third-order valence-electron chi connectivity index (χ3n) is 4.27. The summed E-state index contributed by atoms with van der Waals surface area (Å²) in [5.74, 6) is -0.490. The van der Waals surface area contributed by atoms with Crippen molar-refractivity contribution in [3.05, 3.63) is 58.9 Å². The number of nitrogens with two attached hydrogens (primary N) is 1. The Kier molecular flexibility index (Phi) is 5.33. The summed E-state index contributed by atoms with van der Waals surface area (Å²) in [5, 5.41) is 0.767. The van der Waals surface area contributed by atoms with Crippen LogP contribution in [0.15, 0.2) is 42.6 Å². The number of aromatic nitrogens is 1. The van der Waals surface area contributed by atoms with Crippen molar-refractivity contribution < 1.29 is 4.79 Å². The van der Waals surface area contributed by atoms with Crippen LogP contribution in [0.5, 0.6) is 0 Å². The highest BCUT2D eigenvalue weighted by atomic mass is 35.5. The number of rotatable bonds is 4. The van der Waals surface area contributed by atoms with E-state index in [0.717, 1.165) is 49.9 Å². The Morgan fingerprint density at radius 2 is 1.92 bits per heavy atom. The van der Waals surface area contributed by atoms with Gasteiger partial charge in [-0.1, -0.05) is 23.7 Å². The van der Waals surface area contributed by atoms with Gasteiger partial charge in [0.2, 0.25) is 0 Å². The van der Waals surface area contributed by atoms with Gasteiger partial charge < -0.3 is 10.6 Å². The number of carbonyl (C=O) groups is 1. The lowest BCUT2D eigenvalue weighted by molar-refractivity contribution is 0.0995. The number of halogens is 1. The molecule has 0 saturated carbocycles. The number of pyridine rings is 1. The maximum Gasteiger partial charge on any atom is 0.267 e. The second-order valence-electron chi connectivity index (χ2n) is 6.01. The summed E-state index contributed by atoms with van der Waals surface area (Å²) in [6.07, 6.45) is 2.72. The van der Waals surface area contributed by atoms with Crippen molar-refractivity contribution in [2.24, 2.45) is 5.73 Å². The van der Waals surface area contributed by atoms with Gasteiger partial charge in [-0.15, -0.1) is 0 Å². The summed E-state index contributed by atoms with van der Waals surface area (Å²) in [7, 11) is 0. The number of hydrogen-bond acceptors (Lipinski definition) is 4. The van der Waals surface area contributed by atoms with Gasteiger partial charge in [0.05, 0.1) is 0 Å². The molecule has 1 aliphatic rings. The lowest BCUT2D eigenvalue weighted by Crippen LogP contribution is -2.30. The van der Waals surface area contributed by atoms with Crippen molar-refractivity contribution in [1.29, 1.82) is 0 Å². The molecule has 0 radical (unpaired) electrons. The summed E-state index contributed by atoms with van der Waals surface area (Å²) in [6.45, 7) is 4.81. The Labute approximate surface area is 147 Å². The molecule has 1 amide bonds. The fourth-order valence-corrected chi connectivity index (χ4v) is 3.11. The molecule has 0 spiro atoms.